The van der Waals surface area contributed by atoms with Crippen molar-refractivity contribution in [3.05, 3.63) is 41.8 Å². The van der Waals surface area contributed by atoms with Gasteiger partial charge in [-0.3, -0.25) is 9.36 Å². The van der Waals surface area contributed by atoms with E-state index in [1.54, 1.807) is 11.3 Å². The van der Waals surface area contributed by atoms with Gasteiger partial charge in [-0.15, -0.1) is 21.5 Å². The molecule has 2 heterocycles. The Labute approximate surface area is 167 Å². The van der Waals surface area contributed by atoms with Crippen LogP contribution in [0.5, 0.6) is 5.75 Å². The Bertz CT molecular complexity index is 941. The van der Waals surface area contributed by atoms with Crippen LogP contribution in [0.4, 0.5) is 14.5 Å². The third kappa shape index (κ3) is 4.50. The van der Waals surface area contributed by atoms with Crippen LogP contribution in [0.3, 0.4) is 0 Å². The second-order valence-electron chi connectivity index (χ2n) is 6.12. The van der Waals surface area contributed by atoms with Gasteiger partial charge in [0.05, 0.1) is 10.6 Å². The second kappa shape index (κ2) is 8.27. The van der Waals surface area contributed by atoms with E-state index in [0.29, 0.717) is 11.7 Å². The highest BCUT2D eigenvalue weighted by Gasteiger charge is 2.30. The molecule has 1 amide bonds. The second-order valence-corrected chi connectivity index (χ2v) is 8.01. The van der Waals surface area contributed by atoms with Gasteiger partial charge in [-0.1, -0.05) is 17.8 Å². The largest absolute Gasteiger partial charge is 0.435 e. The number of aromatic nitrogens is 3. The van der Waals surface area contributed by atoms with Gasteiger partial charge < -0.3 is 10.1 Å². The van der Waals surface area contributed by atoms with E-state index in [0.717, 1.165) is 28.7 Å². The molecule has 0 saturated heterocycles. The average molecular weight is 422 g/mol. The van der Waals surface area contributed by atoms with Crippen molar-refractivity contribution in [3.63, 3.8) is 0 Å². The Hall–Kier alpha value is -2.46. The molecule has 28 heavy (non-hydrogen) atoms. The van der Waals surface area contributed by atoms with Gasteiger partial charge in [0.2, 0.25) is 5.91 Å². The molecule has 1 aliphatic carbocycles. The van der Waals surface area contributed by atoms with Crippen LogP contribution < -0.4 is 10.1 Å². The van der Waals surface area contributed by atoms with Crippen LogP contribution in [0.1, 0.15) is 18.9 Å². The summed E-state index contributed by atoms with van der Waals surface area (Å²) in [5.74, 6) is 0.844. The van der Waals surface area contributed by atoms with Gasteiger partial charge in [0.15, 0.2) is 11.0 Å². The van der Waals surface area contributed by atoms with Crippen LogP contribution in [-0.4, -0.2) is 33.0 Å². The summed E-state index contributed by atoms with van der Waals surface area (Å²) in [7, 11) is 0. The summed E-state index contributed by atoms with van der Waals surface area (Å²) in [4.78, 5) is 13.3. The van der Waals surface area contributed by atoms with Gasteiger partial charge >= 0.3 is 6.61 Å². The number of thiophene rings is 1. The molecule has 146 valence electrons. The number of thioether (sulfide) groups is 1. The topological polar surface area (TPSA) is 69.0 Å². The van der Waals surface area contributed by atoms with Crippen LogP contribution in [-0.2, 0) is 4.79 Å². The molecule has 1 aromatic carbocycles. The van der Waals surface area contributed by atoms with Gasteiger partial charge in [0.1, 0.15) is 5.75 Å². The highest BCUT2D eigenvalue weighted by molar-refractivity contribution is 7.99. The number of hydrogen-bond donors (Lipinski definition) is 1. The van der Waals surface area contributed by atoms with E-state index in [9.17, 15) is 13.6 Å². The number of carbonyl (C=O) groups is 1. The molecule has 1 aliphatic rings. The molecule has 1 fully saturated rings. The first-order valence-electron chi connectivity index (χ1n) is 8.56. The Morgan fingerprint density at radius 3 is 2.71 bits per heavy atom. The molecular formula is C18H16F2N4O2S2. The average Bonchev–Trinajstić information content (AvgIpc) is 3.18. The zero-order chi connectivity index (χ0) is 19.5. The van der Waals surface area contributed by atoms with Crippen LogP contribution in [0.15, 0.2) is 46.9 Å². The van der Waals surface area contributed by atoms with E-state index in [1.807, 2.05) is 17.5 Å². The fourth-order valence-corrected chi connectivity index (χ4v) is 4.17. The number of hydrogen-bond acceptors (Lipinski definition) is 6. The zero-order valence-electron chi connectivity index (χ0n) is 14.5. The summed E-state index contributed by atoms with van der Waals surface area (Å²) >= 11 is 2.94. The number of rotatable bonds is 8. The van der Waals surface area contributed by atoms with Crippen LogP contribution in [0.25, 0.3) is 10.7 Å². The van der Waals surface area contributed by atoms with Crippen molar-refractivity contribution in [1.82, 2.24) is 14.8 Å². The molecule has 0 bridgehead atoms. The minimum absolute atomic E-state index is 0.0426. The van der Waals surface area contributed by atoms with Crippen LogP contribution in [0, 0.1) is 0 Å². The maximum atomic E-state index is 12.2. The normalized spacial score (nSPS) is 13.7. The minimum Gasteiger partial charge on any atom is -0.435 e. The molecular weight excluding hydrogens is 406 g/mol. The van der Waals surface area contributed by atoms with Crippen molar-refractivity contribution in [2.24, 2.45) is 0 Å². The number of anilines is 1. The van der Waals surface area contributed by atoms with Crippen molar-refractivity contribution in [3.8, 4) is 16.5 Å². The maximum absolute atomic E-state index is 12.2. The van der Waals surface area contributed by atoms with Gasteiger partial charge in [-0.25, -0.2) is 0 Å². The molecule has 1 N–H and O–H groups in total. The molecule has 3 aromatic rings. The molecule has 2 aromatic heterocycles. The fraction of sp³-hybridized carbons (Fsp3) is 0.278. The third-order valence-corrected chi connectivity index (χ3v) is 5.82. The molecule has 0 atom stereocenters. The van der Waals surface area contributed by atoms with Crippen molar-refractivity contribution >= 4 is 34.7 Å². The first-order valence-corrected chi connectivity index (χ1v) is 10.4. The zero-order valence-corrected chi connectivity index (χ0v) is 16.2. The van der Waals surface area contributed by atoms with E-state index < -0.39 is 6.61 Å². The smallest absolute Gasteiger partial charge is 0.387 e. The minimum atomic E-state index is -2.88. The predicted molar refractivity (Wildman–Crippen MR) is 104 cm³/mol. The third-order valence-electron chi connectivity index (χ3n) is 4.01. The number of benzene rings is 1. The number of nitrogens with one attached hydrogen (secondary N) is 1. The Kier molecular flexibility index (Phi) is 5.58. The summed E-state index contributed by atoms with van der Waals surface area (Å²) in [5.41, 5.74) is 0.509. The van der Waals surface area contributed by atoms with Gasteiger partial charge in [-0.05, 0) is 48.6 Å². The number of halogens is 2. The first kappa shape index (κ1) is 18.9. The number of carbonyl (C=O) groups excluding carboxylic acids is 1. The lowest BCUT2D eigenvalue weighted by atomic mass is 10.3. The summed E-state index contributed by atoms with van der Waals surface area (Å²) < 4.78 is 30.7. The number of amides is 1. The van der Waals surface area contributed by atoms with Gasteiger partial charge in [0.25, 0.3) is 0 Å². The summed E-state index contributed by atoms with van der Waals surface area (Å²) in [6, 6.07) is 10.2. The van der Waals surface area contributed by atoms with E-state index in [-0.39, 0.29) is 17.4 Å². The van der Waals surface area contributed by atoms with Gasteiger partial charge in [-0.2, -0.15) is 8.78 Å². The quantitative estimate of drug-likeness (QED) is 0.534. The van der Waals surface area contributed by atoms with Crippen LogP contribution >= 0.6 is 23.1 Å². The molecule has 1 saturated carbocycles. The number of ether oxygens (including phenoxy) is 1. The molecule has 0 spiro atoms. The van der Waals surface area contributed by atoms with E-state index in [1.165, 1.54) is 36.0 Å². The SMILES string of the molecule is O=C(CSc1nnc(-c2cccs2)n1C1CC1)Nc1ccc(OC(F)F)cc1. The molecule has 0 unspecified atom stereocenters. The molecule has 10 heteroatoms. The van der Waals surface area contributed by atoms with E-state index in [4.69, 9.17) is 0 Å². The monoisotopic (exact) mass is 422 g/mol. The Morgan fingerprint density at radius 1 is 1.29 bits per heavy atom. The predicted octanol–water partition coefficient (Wildman–Crippen LogP) is 4.67. The van der Waals surface area contributed by atoms with Crippen molar-refractivity contribution in [1.29, 1.82) is 0 Å². The standard InChI is InChI=1S/C18H16F2N4O2S2/c19-17(20)26-13-7-3-11(4-8-13)21-15(25)10-28-18-23-22-16(14-2-1-9-27-14)24(18)12-5-6-12/h1-4,7-9,12,17H,5-6,10H2,(H,21,25). The molecule has 0 radical (unpaired) electrons. The highest BCUT2D eigenvalue weighted by Crippen LogP contribution is 2.41. The number of nitrogens with zero attached hydrogens (tertiary/aromatic N) is 3. The Morgan fingerprint density at radius 2 is 2.07 bits per heavy atom. The summed E-state index contributed by atoms with van der Waals surface area (Å²) in [5, 5.41) is 14.0. The molecule has 0 aliphatic heterocycles. The molecule has 6 nitrogen and oxygen atoms in total. The lowest BCUT2D eigenvalue weighted by Gasteiger charge is -2.09. The highest BCUT2D eigenvalue weighted by atomic mass is 32.2. The van der Waals surface area contributed by atoms with Crippen molar-refractivity contribution in [2.75, 3.05) is 11.1 Å². The first-order chi connectivity index (χ1) is 13.6. The number of alkyl halides is 2. The Balaban J connectivity index is 1.37. The van der Waals surface area contributed by atoms with E-state index >= 15 is 0 Å². The lowest BCUT2D eigenvalue weighted by Crippen LogP contribution is -2.14. The van der Waals surface area contributed by atoms with Gasteiger partial charge in [0, 0.05) is 11.7 Å². The summed E-state index contributed by atoms with van der Waals surface area (Å²) in [6.07, 6.45) is 2.17. The van der Waals surface area contributed by atoms with Crippen molar-refractivity contribution < 1.29 is 18.3 Å². The molecule has 4 rings (SSSR count). The van der Waals surface area contributed by atoms with Crippen LogP contribution in [0.2, 0.25) is 0 Å². The summed E-state index contributed by atoms with van der Waals surface area (Å²) in [6.45, 7) is -2.88. The fourth-order valence-electron chi connectivity index (χ4n) is 2.66. The van der Waals surface area contributed by atoms with E-state index in [2.05, 4.69) is 24.8 Å². The van der Waals surface area contributed by atoms with Crippen molar-refractivity contribution in [2.45, 2.75) is 30.7 Å². The maximum Gasteiger partial charge on any atom is 0.387 e. The lowest BCUT2D eigenvalue weighted by molar-refractivity contribution is -0.113.